The van der Waals surface area contributed by atoms with Crippen molar-refractivity contribution in [3.8, 4) is 5.75 Å². The number of carbonyl (C=O) groups excluding carboxylic acids is 1. The van der Waals surface area contributed by atoms with Crippen molar-refractivity contribution >= 4 is 38.2 Å². The van der Waals surface area contributed by atoms with Crippen LogP contribution in [0, 0.1) is 0 Å². The molecule has 2 aromatic carbocycles. The number of nitrogens with one attached hydrogen (secondary N) is 1. The lowest BCUT2D eigenvalue weighted by Gasteiger charge is -2.22. The lowest BCUT2D eigenvalue weighted by molar-refractivity contribution is 0.102. The number of anilines is 2. The standard InChI is InChI=1S/C23H28N4O4S/c1-6-27(7-2)32(29,30)18-10-13-22(26(3)4)21(15-18)25-23(28)20-11-8-16-14-17(31-5)9-12-19(16)24-20/h8-15H,6-7H2,1-5H3,(H,25,28). The van der Waals surface area contributed by atoms with Crippen LogP contribution in [0.25, 0.3) is 10.9 Å². The maximum atomic E-state index is 13.0. The molecule has 8 nitrogen and oxygen atoms in total. The van der Waals surface area contributed by atoms with Gasteiger partial charge in [0.25, 0.3) is 5.91 Å². The number of amides is 1. The smallest absolute Gasteiger partial charge is 0.274 e. The monoisotopic (exact) mass is 456 g/mol. The molecule has 0 aliphatic heterocycles. The van der Waals surface area contributed by atoms with Crippen LogP contribution in [-0.4, -0.2) is 57.9 Å². The fraction of sp³-hybridized carbons (Fsp3) is 0.304. The van der Waals surface area contributed by atoms with Gasteiger partial charge in [0.15, 0.2) is 0 Å². The normalized spacial score (nSPS) is 11.6. The third kappa shape index (κ3) is 4.68. The third-order valence-electron chi connectivity index (χ3n) is 5.17. The lowest BCUT2D eigenvalue weighted by atomic mass is 10.2. The lowest BCUT2D eigenvalue weighted by Crippen LogP contribution is -2.30. The molecule has 170 valence electrons. The first-order valence-corrected chi connectivity index (χ1v) is 11.7. The minimum absolute atomic E-state index is 0.126. The van der Waals surface area contributed by atoms with E-state index in [1.54, 1.807) is 57.4 Å². The van der Waals surface area contributed by atoms with Crippen LogP contribution in [0.2, 0.25) is 0 Å². The maximum Gasteiger partial charge on any atom is 0.274 e. The van der Waals surface area contributed by atoms with Gasteiger partial charge in [0.05, 0.1) is 28.9 Å². The van der Waals surface area contributed by atoms with Crippen LogP contribution in [0.3, 0.4) is 0 Å². The Bertz CT molecular complexity index is 1240. The van der Waals surface area contributed by atoms with E-state index in [2.05, 4.69) is 10.3 Å². The molecule has 0 fully saturated rings. The first-order chi connectivity index (χ1) is 15.2. The van der Waals surface area contributed by atoms with E-state index < -0.39 is 15.9 Å². The quantitative estimate of drug-likeness (QED) is 0.557. The number of nitrogens with zero attached hydrogens (tertiary/aromatic N) is 3. The Kier molecular flexibility index (Phi) is 7.00. The average molecular weight is 457 g/mol. The molecule has 0 radical (unpaired) electrons. The zero-order valence-electron chi connectivity index (χ0n) is 18.9. The van der Waals surface area contributed by atoms with Crippen molar-refractivity contribution in [3.05, 3.63) is 54.2 Å². The highest BCUT2D eigenvalue weighted by molar-refractivity contribution is 7.89. The van der Waals surface area contributed by atoms with Crippen molar-refractivity contribution in [2.45, 2.75) is 18.7 Å². The van der Waals surface area contributed by atoms with Gasteiger partial charge >= 0.3 is 0 Å². The first kappa shape index (κ1) is 23.5. The predicted octanol–water partition coefficient (Wildman–Crippen LogP) is 3.59. The highest BCUT2D eigenvalue weighted by Crippen LogP contribution is 2.29. The van der Waals surface area contributed by atoms with Gasteiger partial charge in [-0.15, -0.1) is 0 Å². The maximum absolute atomic E-state index is 13.0. The Balaban J connectivity index is 1.97. The molecular weight excluding hydrogens is 428 g/mol. The molecular formula is C23H28N4O4S. The van der Waals surface area contributed by atoms with E-state index in [0.29, 0.717) is 35.7 Å². The Hall–Kier alpha value is -3.17. The van der Waals surface area contributed by atoms with Gasteiger partial charge < -0.3 is 15.0 Å². The number of benzene rings is 2. The number of fused-ring (bicyclic) bond motifs is 1. The molecule has 3 rings (SSSR count). The second-order valence-electron chi connectivity index (χ2n) is 7.37. The van der Waals surface area contributed by atoms with Crippen molar-refractivity contribution in [1.29, 1.82) is 0 Å². The summed E-state index contributed by atoms with van der Waals surface area (Å²) in [5, 5.41) is 3.68. The largest absolute Gasteiger partial charge is 0.497 e. The van der Waals surface area contributed by atoms with E-state index in [0.717, 1.165) is 5.39 Å². The summed E-state index contributed by atoms with van der Waals surface area (Å²) in [5.74, 6) is 0.279. The zero-order valence-corrected chi connectivity index (χ0v) is 19.7. The highest BCUT2D eigenvalue weighted by atomic mass is 32.2. The number of aromatic nitrogens is 1. The molecule has 0 saturated carbocycles. The van der Waals surface area contributed by atoms with Crippen LogP contribution in [0.5, 0.6) is 5.75 Å². The first-order valence-electron chi connectivity index (χ1n) is 10.3. The summed E-state index contributed by atoms with van der Waals surface area (Å²) in [6.45, 7) is 4.31. The summed E-state index contributed by atoms with van der Waals surface area (Å²) in [5.41, 5.74) is 1.96. The minimum Gasteiger partial charge on any atom is -0.497 e. The third-order valence-corrected chi connectivity index (χ3v) is 7.22. The number of rotatable bonds is 8. The SMILES string of the molecule is CCN(CC)S(=O)(=O)c1ccc(N(C)C)c(NC(=O)c2ccc3cc(OC)ccc3n2)c1. The Morgan fingerprint density at radius 2 is 1.75 bits per heavy atom. The molecule has 0 aliphatic rings. The van der Waals surface area contributed by atoms with Gasteiger partial charge in [-0.1, -0.05) is 19.9 Å². The molecule has 1 amide bonds. The van der Waals surface area contributed by atoms with Crippen molar-refractivity contribution < 1.29 is 17.9 Å². The Morgan fingerprint density at radius 1 is 1.03 bits per heavy atom. The van der Waals surface area contributed by atoms with Crippen LogP contribution in [-0.2, 0) is 10.0 Å². The van der Waals surface area contributed by atoms with Crippen molar-refractivity contribution in [2.24, 2.45) is 0 Å². The molecule has 0 atom stereocenters. The van der Waals surface area contributed by atoms with Gasteiger partial charge in [-0.05, 0) is 42.5 Å². The van der Waals surface area contributed by atoms with Crippen LogP contribution in [0.15, 0.2) is 53.4 Å². The molecule has 1 aromatic heterocycles. The van der Waals surface area contributed by atoms with E-state index in [1.807, 2.05) is 25.1 Å². The zero-order chi connectivity index (χ0) is 23.5. The molecule has 9 heteroatoms. The minimum atomic E-state index is -3.67. The summed E-state index contributed by atoms with van der Waals surface area (Å²) in [6, 6.07) is 13.6. The fourth-order valence-corrected chi connectivity index (χ4v) is 4.91. The number of ether oxygens (including phenoxy) is 1. The molecule has 1 N–H and O–H groups in total. The number of carbonyl (C=O) groups is 1. The van der Waals surface area contributed by atoms with Crippen LogP contribution in [0.4, 0.5) is 11.4 Å². The molecule has 1 heterocycles. The number of pyridine rings is 1. The van der Waals surface area contributed by atoms with Crippen molar-refractivity contribution in [2.75, 3.05) is 44.5 Å². The summed E-state index contributed by atoms with van der Waals surface area (Å²) in [7, 11) is 1.57. The molecule has 0 unspecified atom stereocenters. The summed E-state index contributed by atoms with van der Waals surface area (Å²) < 4.78 is 32.5. The van der Waals surface area contributed by atoms with E-state index >= 15 is 0 Å². The molecule has 0 spiro atoms. The number of hydrogen-bond acceptors (Lipinski definition) is 6. The van der Waals surface area contributed by atoms with Gasteiger partial charge in [-0.2, -0.15) is 4.31 Å². The molecule has 0 aliphatic carbocycles. The number of hydrogen-bond donors (Lipinski definition) is 1. The highest BCUT2D eigenvalue weighted by Gasteiger charge is 2.23. The van der Waals surface area contributed by atoms with Crippen LogP contribution < -0.4 is 15.0 Å². The van der Waals surface area contributed by atoms with Crippen LogP contribution in [0.1, 0.15) is 24.3 Å². The van der Waals surface area contributed by atoms with Crippen molar-refractivity contribution in [3.63, 3.8) is 0 Å². The van der Waals surface area contributed by atoms with Gasteiger partial charge in [-0.3, -0.25) is 4.79 Å². The number of methoxy groups -OCH3 is 1. The number of sulfonamides is 1. The fourth-order valence-electron chi connectivity index (χ4n) is 3.42. The Labute approximate surface area is 188 Å². The second-order valence-corrected chi connectivity index (χ2v) is 9.31. The Morgan fingerprint density at radius 3 is 2.38 bits per heavy atom. The van der Waals surface area contributed by atoms with E-state index in [9.17, 15) is 13.2 Å². The van der Waals surface area contributed by atoms with Gasteiger partial charge in [0.1, 0.15) is 11.4 Å². The van der Waals surface area contributed by atoms with E-state index in [4.69, 9.17) is 4.74 Å². The van der Waals surface area contributed by atoms with Crippen molar-refractivity contribution in [1.82, 2.24) is 9.29 Å². The van der Waals surface area contributed by atoms with Gasteiger partial charge in [0.2, 0.25) is 10.0 Å². The predicted molar refractivity (Wildman–Crippen MR) is 127 cm³/mol. The summed E-state index contributed by atoms with van der Waals surface area (Å²) >= 11 is 0. The molecule has 32 heavy (non-hydrogen) atoms. The second kappa shape index (κ2) is 9.54. The summed E-state index contributed by atoms with van der Waals surface area (Å²) in [4.78, 5) is 19.4. The average Bonchev–Trinajstić information content (AvgIpc) is 2.78. The van der Waals surface area contributed by atoms with Gasteiger partial charge in [-0.25, -0.2) is 13.4 Å². The topological polar surface area (TPSA) is 91.8 Å². The van der Waals surface area contributed by atoms with Crippen LogP contribution >= 0.6 is 0 Å². The van der Waals surface area contributed by atoms with E-state index in [1.165, 1.54) is 10.4 Å². The van der Waals surface area contributed by atoms with Gasteiger partial charge in [0, 0.05) is 32.6 Å². The summed E-state index contributed by atoms with van der Waals surface area (Å²) in [6.07, 6.45) is 0. The molecule has 0 saturated heterocycles. The molecule has 3 aromatic rings. The molecule has 0 bridgehead atoms. The van der Waals surface area contributed by atoms with E-state index in [-0.39, 0.29) is 10.6 Å².